The Labute approximate surface area is 155 Å². The van der Waals surface area contributed by atoms with Gasteiger partial charge in [0.1, 0.15) is 5.75 Å². The molecule has 26 heavy (non-hydrogen) atoms. The summed E-state index contributed by atoms with van der Waals surface area (Å²) in [5, 5.41) is 6.44. The van der Waals surface area contributed by atoms with Crippen molar-refractivity contribution in [2.75, 3.05) is 37.7 Å². The lowest BCUT2D eigenvalue weighted by atomic mass is 9.81. The number of amides is 2. The first kappa shape index (κ1) is 18.7. The number of anilines is 1. The molecule has 1 aromatic carbocycles. The van der Waals surface area contributed by atoms with E-state index in [0.717, 1.165) is 31.6 Å². The van der Waals surface area contributed by atoms with Crippen molar-refractivity contribution >= 4 is 17.5 Å². The monoisotopic (exact) mass is 359 g/mol. The molecule has 2 aliphatic heterocycles. The van der Waals surface area contributed by atoms with E-state index < -0.39 is 0 Å². The first-order valence-electron chi connectivity index (χ1n) is 9.53. The van der Waals surface area contributed by atoms with E-state index in [1.54, 1.807) is 4.90 Å². The summed E-state index contributed by atoms with van der Waals surface area (Å²) in [6.07, 6.45) is 2.38. The largest absolute Gasteiger partial charge is 0.492 e. The quantitative estimate of drug-likeness (QED) is 0.814. The molecule has 0 spiro atoms. The third-order valence-electron chi connectivity index (χ3n) is 5.45. The Bertz CT molecular complexity index is 655. The zero-order valence-electron chi connectivity index (χ0n) is 15.7. The van der Waals surface area contributed by atoms with Gasteiger partial charge < -0.3 is 20.3 Å². The Morgan fingerprint density at radius 1 is 1.35 bits per heavy atom. The average molecular weight is 359 g/mol. The molecule has 1 unspecified atom stereocenters. The van der Waals surface area contributed by atoms with Crippen LogP contribution in [0.15, 0.2) is 24.3 Å². The van der Waals surface area contributed by atoms with Gasteiger partial charge in [-0.25, -0.2) is 0 Å². The lowest BCUT2D eigenvalue weighted by Gasteiger charge is -2.34. The SMILES string of the molecule is CCOc1ccccc1N1CC(C(=O)NCC2(C)CCNCC2)CC1=O. The molecule has 6 heteroatoms. The zero-order valence-corrected chi connectivity index (χ0v) is 15.7. The second-order valence-electron chi connectivity index (χ2n) is 7.58. The number of piperidine rings is 1. The summed E-state index contributed by atoms with van der Waals surface area (Å²) in [6.45, 7) is 7.75. The Kier molecular flexibility index (Phi) is 5.81. The number of hydrogen-bond acceptors (Lipinski definition) is 4. The van der Waals surface area contributed by atoms with E-state index in [1.807, 2.05) is 31.2 Å². The predicted molar refractivity (Wildman–Crippen MR) is 101 cm³/mol. The first-order chi connectivity index (χ1) is 12.5. The highest BCUT2D eigenvalue weighted by Crippen LogP contribution is 2.33. The number of nitrogens with zero attached hydrogens (tertiary/aromatic N) is 1. The third-order valence-corrected chi connectivity index (χ3v) is 5.45. The van der Waals surface area contributed by atoms with Crippen molar-refractivity contribution in [1.29, 1.82) is 0 Å². The molecule has 0 aromatic heterocycles. The highest BCUT2D eigenvalue weighted by molar-refractivity contribution is 6.01. The number of benzene rings is 1. The molecule has 3 rings (SSSR count). The van der Waals surface area contributed by atoms with Crippen LogP contribution in [-0.4, -0.2) is 44.6 Å². The summed E-state index contributed by atoms with van der Waals surface area (Å²) in [5.41, 5.74) is 0.894. The van der Waals surface area contributed by atoms with Gasteiger partial charge in [0.05, 0.1) is 18.2 Å². The van der Waals surface area contributed by atoms with Gasteiger partial charge in [-0.2, -0.15) is 0 Å². The van der Waals surface area contributed by atoms with E-state index in [0.29, 0.717) is 25.4 Å². The molecule has 2 amide bonds. The first-order valence-corrected chi connectivity index (χ1v) is 9.53. The lowest BCUT2D eigenvalue weighted by Crippen LogP contribution is -2.44. The molecule has 1 aromatic rings. The molecule has 2 aliphatic rings. The summed E-state index contributed by atoms with van der Waals surface area (Å²) >= 11 is 0. The van der Waals surface area contributed by atoms with Crippen LogP contribution in [0, 0.1) is 11.3 Å². The maximum absolute atomic E-state index is 12.6. The fourth-order valence-corrected chi connectivity index (χ4v) is 3.73. The molecule has 2 N–H and O–H groups in total. The van der Waals surface area contributed by atoms with E-state index in [9.17, 15) is 9.59 Å². The van der Waals surface area contributed by atoms with Crippen LogP contribution in [0.25, 0.3) is 0 Å². The van der Waals surface area contributed by atoms with E-state index >= 15 is 0 Å². The molecule has 0 bridgehead atoms. The van der Waals surface area contributed by atoms with Crippen LogP contribution in [0.4, 0.5) is 5.69 Å². The molecule has 2 fully saturated rings. The topological polar surface area (TPSA) is 70.7 Å². The average Bonchev–Trinajstić information content (AvgIpc) is 3.03. The van der Waals surface area contributed by atoms with Gasteiger partial charge >= 0.3 is 0 Å². The second-order valence-corrected chi connectivity index (χ2v) is 7.58. The van der Waals surface area contributed by atoms with E-state index in [4.69, 9.17) is 4.74 Å². The standard InChI is InChI=1S/C20H29N3O3/c1-3-26-17-7-5-4-6-16(17)23-13-15(12-18(23)24)19(25)22-14-20(2)8-10-21-11-9-20/h4-7,15,21H,3,8-14H2,1-2H3,(H,22,25). The maximum atomic E-state index is 12.6. The number of carbonyl (C=O) groups is 2. The molecule has 0 aliphatic carbocycles. The van der Waals surface area contributed by atoms with Gasteiger partial charge in [0.2, 0.25) is 11.8 Å². The fourth-order valence-electron chi connectivity index (χ4n) is 3.73. The van der Waals surface area contributed by atoms with Crippen molar-refractivity contribution in [2.24, 2.45) is 11.3 Å². The number of rotatable bonds is 6. The molecule has 6 nitrogen and oxygen atoms in total. The van der Waals surface area contributed by atoms with Crippen molar-refractivity contribution < 1.29 is 14.3 Å². The zero-order chi connectivity index (χ0) is 18.6. The summed E-state index contributed by atoms with van der Waals surface area (Å²) in [5.74, 6) is 0.342. The van der Waals surface area contributed by atoms with Crippen molar-refractivity contribution in [2.45, 2.75) is 33.1 Å². The van der Waals surface area contributed by atoms with Crippen molar-refractivity contribution in [3.8, 4) is 5.75 Å². The Hall–Kier alpha value is -2.08. The molecule has 142 valence electrons. The maximum Gasteiger partial charge on any atom is 0.227 e. The smallest absolute Gasteiger partial charge is 0.227 e. The van der Waals surface area contributed by atoms with Crippen LogP contribution >= 0.6 is 0 Å². The molecular formula is C20H29N3O3. The van der Waals surface area contributed by atoms with Crippen molar-refractivity contribution in [1.82, 2.24) is 10.6 Å². The number of nitrogens with one attached hydrogen (secondary N) is 2. The molecule has 2 saturated heterocycles. The third kappa shape index (κ3) is 4.18. The van der Waals surface area contributed by atoms with E-state index in [1.165, 1.54) is 0 Å². The number of carbonyl (C=O) groups excluding carboxylic acids is 2. The van der Waals surface area contributed by atoms with Crippen molar-refractivity contribution in [3.63, 3.8) is 0 Å². The van der Waals surface area contributed by atoms with Gasteiger partial charge in [-0.15, -0.1) is 0 Å². The van der Waals surface area contributed by atoms with Crippen LogP contribution < -0.4 is 20.3 Å². The van der Waals surface area contributed by atoms with Gasteiger partial charge in [-0.05, 0) is 50.4 Å². The number of para-hydroxylation sites is 2. The minimum Gasteiger partial charge on any atom is -0.492 e. The lowest BCUT2D eigenvalue weighted by molar-refractivity contribution is -0.126. The van der Waals surface area contributed by atoms with E-state index in [-0.39, 0.29) is 29.6 Å². The van der Waals surface area contributed by atoms with Crippen LogP contribution in [0.2, 0.25) is 0 Å². The molecule has 2 heterocycles. The van der Waals surface area contributed by atoms with Gasteiger partial charge in [-0.3, -0.25) is 9.59 Å². The van der Waals surface area contributed by atoms with Gasteiger partial charge in [-0.1, -0.05) is 19.1 Å². The summed E-state index contributed by atoms with van der Waals surface area (Å²) in [4.78, 5) is 26.8. The normalized spacial score (nSPS) is 22.3. The summed E-state index contributed by atoms with van der Waals surface area (Å²) in [6, 6.07) is 7.51. The van der Waals surface area contributed by atoms with Crippen LogP contribution in [-0.2, 0) is 9.59 Å². The van der Waals surface area contributed by atoms with Crippen molar-refractivity contribution in [3.05, 3.63) is 24.3 Å². The highest BCUT2D eigenvalue weighted by Gasteiger charge is 2.37. The predicted octanol–water partition coefficient (Wildman–Crippen LogP) is 1.94. The number of hydrogen-bond donors (Lipinski definition) is 2. The number of ether oxygens (including phenoxy) is 1. The van der Waals surface area contributed by atoms with Crippen LogP contribution in [0.3, 0.4) is 0 Å². The molecule has 1 atom stereocenters. The summed E-state index contributed by atoms with van der Waals surface area (Å²) in [7, 11) is 0. The summed E-state index contributed by atoms with van der Waals surface area (Å²) < 4.78 is 5.63. The molecule has 0 saturated carbocycles. The molecular weight excluding hydrogens is 330 g/mol. The van der Waals surface area contributed by atoms with Gasteiger partial charge in [0, 0.05) is 19.5 Å². The van der Waals surface area contributed by atoms with Crippen LogP contribution in [0.5, 0.6) is 5.75 Å². The minimum atomic E-state index is -0.303. The van der Waals surface area contributed by atoms with Gasteiger partial charge in [0.15, 0.2) is 0 Å². The Morgan fingerprint density at radius 3 is 2.81 bits per heavy atom. The van der Waals surface area contributed by atoms with E-state index in [2.05, 4.69) is 17.6 Å². The Balaban J connectivity index is 1.61. The minimum absolute atomic E-state index is 0.0190. The fraction of sp³-hybridized carbons (Fsp3) is 0.600. The van der Waals surface area contributed by atoms with Crippen LogP contribution in [0.1, 0.15) is 33.1 Å². The second kappa shape index (κ2) is 8.08. The highest BCUT2D eigenvalue weighted by atomic mass is 16.5. The molecule has 0 radical (unpaired) electrons. The van der Waals surface area contributed by atoms with Gasteiger partial charge in [0.25, 0.3) is 0 Å². The Morgan fingerprint density at radius 2 is 2.08 bits per heavy atom.